The fraction of sp³-hybridized carbons (Fsp3) is 0.385. The van der Waals surface area contributed by atoms with E-state index in [0.717, 1.165) is 16.7 Å². The van der Waals surface area contributed by atoms with E-state index in [1.165, 1.54) is 0 Å². The van der Waals surface area contributed by atoms with E-state index in [2.05, 4.69) is 4.74 Å². The van der Waals surface area contributed by atoms with Gasteiger partial charge in [0.15, 0.2) is 6.61 Å². The summed E-state index contributed by atoms with van der Waals surface area (Å²) >= 11 is 0. The van der Waals surface area contributed by atoms with Crippen LogP contribution in [0.4, 0.5) is 0 Å². The van der Waals surface area contributed by atoms with E-state index in [1.807, 2.05) is 25.1 Å². The molecular formula is C13H17N3O2. The molecule has 4 N–H and O–H groups in total. The van der Waals surface area contributed by atoms with E-state index in [4.69, 9.17) is 16.7 Å². The summed E-state index contributed by atoms with van der Waals surface area (Å²) in [6.45, 7) is 2.16. The van der Waals surface area contributed by atoms with Gasteiger partial charge in [-0.2, -0.15) is 5.26 Å². The van der Waals surface area contributed by atoms with Crippen LogP contribution >= 0.6 is 0 Å². The first kappa shape index (κ1) is 14.2. The Balaban J connectivity index is 2.67. The predicted molar refractivity (Wildman–Crippen MR) is 67.3 cm³/mol. The van der Waals surface area contributed by atoms with Gasteiger partial charge < -0.3 is 16.2 Å². The van der Waals surface area contributed by atoms with Crippen molar-refractivity contribution in [2.24, 2.45) is 11.5 Å². The van der Waals surface area contributed by atoms with Crippen molar-refractivity contribution in [1.29, 1.82) is 5.26 Å². The molecule has 1 aromatic carbocycles. The number of benzene rings is 1. The first-order chi connectivity index (χ1) is 8.58. The highest BCUT2D eigenvalue weighted by Crippen LogP contribution is 2.12. The molecule has 5 nitrogen and oxygen atoms in total. The first-order valence-electron chi connectivity index (χ1n) is 5.66. The molecule has 1 aromatic rings. The van der Waals surface area contributed by atoms with Crippen LogP contribution in [0.15, 0.2) is 18.2 Å². The molecule has 1 unspecified atom stereocenters. The lowest BCUT2D eigenvalue weighted by molar-refractivity contribution is -0.143. The molecule has 0 aliphatic heterocycles. The van der Waals surface area contributed by atoms with Gasteiger partial charge in [-0.15, -0.1) is 0 Å². The summed E-state index contributed by atoms with van der Waals surface area (Å²) in [4.78, 5) is 11.4. The molecule has 0 amide bonds. The van der Waals surface area contributed by atoms with Crippen LogP contribution < -0.4 is 11.5 Å². The SMILES string of the molecule is Cc1ccc(CC(N)C(=O)OCC#N)cc1CN. The monoisotopic (exact) mass is 247 g/mol. The quantitative estimate of drug-likeness (QED) is 0.733. The Morgan fingerprint density at radius 2 is 2.28 bits per heavy atom. The van der Waals surface area contributed by atoms with Crippen LogP contribution in [0.3, 0.4) is 0 Å². The van der Waals surface area contributed by atoms with Crippen molar-refractivity contribution < 1.29 is 9.53 Å². The zero-order valence-corrected chi connectivity index (χ0v) is 10.3. The summed E-state index contributed by atoms with van der Waals surface area (Å²) in [7, 11) is 0. The summed E-state index contributed by atoms with van der Waals surface area (Å²) in [6, 6.07) is 6.77. The molecular weight excluding hydrogens is 230 g/mol. The van der Waals surface area contributed by atoms with Crippen LogP contribution in [0.1, 0.15) is 16.7 Å². The molecule has 0 aliphatic carbocycles. The van der Waals surface area contributed by atoms with Gasteiger partial charge in [0.25, 0.3) is 0 Å². The number of hydrogen-bond donors (Lipinski definition) is 2. The lowest BCUT2D eigenvalue weighted by Crippen LogP contribution is -2.34. The van der Waals surface area contributed by atoms with Gasteiger partial charge in [0, 0.05) is 6.54 Å². The van der Waals surface area contributed by atoms with Gasteiger partial charge in [-0.3, -0.25) is 4.79 Å². The van der Waals surface area contributed by atoms with Gasteiger partial charge >= 0.3 is 5.97 Å². The predicted octanol–water partition coefficient (Wildman–Crippen LogP) is 0.390. The van der Waals surface area contributed by atoms with Crippen LogP contribution in [-0.4, -0.2) is 18.6 Å². The fourth-order valence-corrected chi connectivity index (χ4v) is 1.62. The largest absolute Gasteiger partial charge is 0.449 e. The van der Waals surface area contributed by atoms with E-state index in [9.17, 15) is 4.79 Å². The molecule has 0 heterocycles. The molecule has 0 saturated carbocycles. The highest BCUT2D eigenvalue weighted by atomic mass is 16.5. The molecule has 0 radical (unpaired) electrons. The Bertz CT molecular complexity index is 466. The number of rotatable bonds is 5. The number of nitriles is 1. The van der Waals surface area contributed by atoms with Crippen LogP contribution in [0.2, 0.25) is 0 Å². The lowest BCUT2D eigenvalue weighted by atomic mass is 10.0. The number of esters is 1. The van der Waals surface area contributed by atoms with Crippen molar-refractivity contribution >= 4 is 5.97 Å². The maximum Gasteiger partial charge on any atom is 0.324 e. The van der Waals surface area contributed by atoms with Gasteiger partial charge in [0.2, 0.25) is 0 Å². The Labute approximate surface area is 106 Å². The molecule has 0 aliphatic rings. The van der Waals surface area contributed by atoms with Crippen LogP contribution in [0.5, 0.6) is 0 Å². The van der Waals surface area contributed by atoms with Crippen molar-refractivity contribution in [3.63, 3.8) is 0 Å². The first-order valence-corrected chi connectivity index (χ1v) is 5.66. The molecule has 0 spiro atoms. The summed E-state index contributed by atoms with van der Waals surface area (Å²) < 4.78 is 4.66. The van der Waals surface area contributed by atoms with Gasteiger partial charge in [0.05, 0.1) is 0 Å². The fourth-order valence-electron chi connectivity index (χ4n) is 1.62. The Morgan fingerprint density at radius 1 is 1.56 bits per heavy atom. The minimum absolute atomic E-state index is 0.269. The third-order valence-electron chi connectivity index (χ3n) is 2.67. The number of ether oxygens (including phenoxy) is 1. The lowest BCUT2D eigenvalue weighted by Gasteiger charge is -2.11. The molecule has 0 saturated heterocycles. The number of hydrogen-bond acceptors (Lipinski definition) is 5. The molecule has 18 heavy (non-hydrogen) atoms. The smallest absolute Gasteiger partial charge is 0.324 e. The van der Waals surface area contributed by atoms with Crippen molar-refractivity contribution in [3.8, 4) is 6.07 Å². The average Bonchev–Trinajstić information content (AvgIpc) is 2.37. The van der Waals surface area contributed by atoms with E-state index in [-0.39, 0.29) is 6.61 Å². The van der Waals surface area contributed by atoms with E-state index in [0.29, 0.717) is 13.0 Å². The third-order valence-corrected chi connectivity index (χ3v) is 2.67. The third kappa shape index (κ3) is 3.84. The van der Waals surface area contributed by atoms with Crippen LogP contribution in [0, 0.1) is 18.3 Å². The van der Waals surface area contributed by atoms with Crippen LogP contribution in [0.25, 0.3) is 0 Å². The van der Waals surface area contributed by atoms with E-state index >= 15 is 0 Å². The van der Waals surface area contributed by atoms with Crippen molar-refractivity contribution in [1.82, 2.24) is 0 Å². The zero-order chi connectivity index (χ0) is 13.5. The maximum atomic E-state index is 11.4. The summed E-state index contributed by atoms with van der Waals surface area (Å²) in [5.74, 6) is -0.563. The molecule has 1 rings (SSSR count). The Morgan fingerprint density at radius 3 is 2.89 bits per heavy atom. The van der Waals surface area contributed by atoms with Gasteiger partial charge in [0.1, 0.15) is 12.1 Å². The highest BCUT2D eigenvalue weighted by molar-refractivity contribution is 5.76. The molecule has 1 atom stereocenters. The maximum absolute atomic E-state index is 11.4. The highest BCUT2D eigenvalue weighted by Gasteiger charge is 2.15. The zero-order valence-electron chi connectivity index (χ0n) is 10.3. The average molecular weight is 247 g/mol. The topological polar surface area (TPSA) is 102 Å². The molecule has 5 heteroatoms. The standard InChI is InChI=1S/C13H17N3O2/c1-9-2-3-10(6-11(9)8-15)7-12(16)13(17)18-5-4-14/h2-3,6,12H,5,7-8,15-16H2,1H3. The van der Waals surface area contributed by atoms with Crippen molar-refractivity contribution in [2.75, 3.05) is 6.61 Å². The molecule has 0 fully saturated rings. The van der Waals surface area contributed by atoms with Gasteiger partial charge in [-0.25, -0.2) is 0 Å². The van der Waals surface area contributed by atoms with E-state index < -0.39 is 12.0 Å². The minimum Gasteiger partial charge on any atom is -0.449 e. The normalized spacial score (nSPS) is 11.7. The summed E-state index contributed by atoms with van der Waals surface area (Å²) in [5.41, 5.74) is 14.4. The number of nitrogens with zero attached hydrogens (tertiary/aromatic N) is 1. The molecule has 0 aromatic heterocycles. The van der Waals surface area contributed by atoms with E-state index in [1.54, 1.807) is 6.07 Å². The molecule has 0 bridgehead atoms. The number of carbonyl (C=O) groups is 1. The number of aryl methyl sites for hydroxylation is 1. The number of nitrogens with two attached hydrogens (primary N) is 2. The Kier molecular flexibility index (Phi) is 5.31. The van der Waals surface area contributed by atoms with Crippen molar-refractivity contribution in [2.45, 2.75) is 25.9 Å². The van der Waals surface area contributed by atoms with Gasteiger partial charge in [-0.1, -0.05) is 18.2 Å². The van der Waals surface area contributed by atoms with Crippen molar-refractivity contribution in [3.05, 3.63) is 34.9 Å². The minimum atomic E-state index is -0.758. The second-order valence-electron chi connectivity index (χ2n) is 4.04. The van der Waals surface area contributed by atoms with Crippen LogP contribution in [-0.2, 0) is 22.5 Å². The summed E-state index contributed by atoms with van der Waals surface area (Å²) in [6.07, 6.45) is 0.373. The summed E-state index contributed by atoms with van der Waals surface area (Å²) in [5, 5.41) is 8.30. The second-order valence-corrected chi connectivity index (χ2v) is 4.04. The molecule has 96 valence electrons. The second kappa shape index (κ2) is 6.74. The number of carbonyl (C=O) groups excluding carboxylic acids is 1. The Hall–Kier alpha value is -1.90. The van der Waals surface area contributed by atoms with Gasteiger partial charge in [-0.05, 0) is 30.0 Å².